The predicted molar refractivity (Wildman–Crippen MR) is 123 cm³/mol. The van der Waals surface area contributed by atoms with Crippen LogP contribution in [0.3, 0.4) is 0 Å². The molecule has 0 radical (unpaired) electrons. The zero-order valence-corrected chi connectivity index (χ0v) is 17.8. The van der Waals surface area contributed by atoms with Gasteiger partial charge in [-0.15, -0.1) is 11.8 Å². The molecule has 5 rings (SSSR count). The summed E-state index contributed by atoms with van der Waals surface area (Å²) in [6.45, 7) is 3.37. The number of fused-ring (bicyclic) bond motifs is 1. The highest BCUT2D eigenvalue weighted by Gasteiger charge is 2.49. The normalized spacial score (nSPS) is 18.4. The third-order valence-corrected chi connectivity index (χ3v) is 7.75. The topological polar surface area (TPSA) is 40.6 Å². The van der Waals surface area contributed by atoms with Gasteiger partial charge in [0, 0.05) is 24.3 Å². The first-order chi connectivity index (χ1) is 14.6. The monoisotopic (exact) mass is 416 g/mol. The maximum atomic E-state index is 13.3. The molecule has 2 heterocycles. The van der Waals surface area contributed by atoms with Crippen LogP contribution >= 0.6 is 11.8 Å². The lowest BCUT2D eigenvalue weighted by Gasteiger charge is -2.44. The number of hydrogen-bond donors (Lipinski definition) is 0. The molecule has 3 aromatic rings. The summed E-state index contributed by atoms with van der Waals surface area (Å²) in [5, 5.41) is 2.08. The molecule has 30 heavy (non-hydrogen) atoms. The molecule has 152 valence electrons. The Balaban J connectivity index is 1.39. The highest BCUT2D eigenvalue weighted by atomic mass is 32.2. The standard InChI is InChI=1S/C25H24N2O2S/c1-18-6-4-9-20(16-18)27-23(28)17-30-25(27)12-14-26(15-13-25)24(29)22-11-5-8-19-7-2-3-10-21(19)22/h2-11,16H,12-15,17H2,1H3. The summed E-state index contributed by atoms with van der Waals surface area (Å²) in [7, 11) is 0. The van der Waals surface area contributed by atoms with Crippen LogP contribution in [0.4, 0.5) is 5.69 Å². The van der Waals surface area contributed by atoms with Crippen LogP contribution < -0.4 is 4.90 Å². The van der Waals surface area contributed by atoms with Crippen LogP contribution in [-0.2, 0) is 4.79 Å². The highest BCUT2D eigenvalue weighted by molar-refractivity contribution is 8.02. The molecule has 3 aromatic carbocycles. The van der Waals surface area contributed by atoms with Crippen molar-refractivity contribution in [2.24, 2.45) is 0 Å². The van der Waals surface area contributed by atoms with E-state index in [1.165, 1.54) is 0 Å². The van der Waals surface area contributed by atoms with Crippen LogP contribution in [0, 0.1) is 6.92 Å². The first-order valence-electron chi connectivity index (χ1n) is 10.4. The number of carbonyl (C=O) groups is 2. The van der Waals surface area contributed by atoms with E-state index >= 15 is 0 Å². The van der Waals surface area contributed by atoms with E-state index in [9.17, 15) is 9.59 Å². The number of likely N-dealkylation sites (tertiary alicyclic amines) is 1. The van der Waals surface area contributed by atoms with Crippen LogP contribution in [-0.4, -0.2) is 40.4 Å². The van der Waals surface area contributed by atoms with Crippen LogP contribution in [0.5, 0.6) is 0 Å². The van der Waals surface area contributed by atoms with Crippen molar-refractivity contribution in [2.45, 2.75) is 24.6 Å². The summed E-state index contributed by atoms with van der Waals surface area (Å²) in [6, 6.07) is 22.1. The molecular weight excluding hydrogens is 392 g/mol. The molecule has 2 amide bonds. The van der Waals surface area contributed by atoms with E-state index in [2.05, 4.69) is 19.1 Å². The average Bonchev–Trinajstić information content (AvgIpc) is 3.09. The van der Waals surface area contributed by atoms with Crippen molar-refractivity contribution in [1.29, 1.82) is 0 Å². The Kier molecular flexibility index (Phi) is 4.78. The molecule has 2 aliphatic rings. The van der Waals surface area contributed by atoms with Gasteiger partial charge in [0.05, 0.1) is 10.6 Å². The number of hydrogen-bond acceptors (Lipinski definition) is 3. The first kappa shape index (κ1) is 19.2. The zero-order valence-electron chi connectivity index (χ0n) is 17.0. The van der Waals surface area contributed by atoms with E-state index in [-0.39, 0.29) is 16.7 Å². The van der Waals surface area contributed by atoms with Crippen molar-refractivity contribution >= 4 is 40.0 Å². The lowest BCUT2D eigenvalue weighted by Crippen LogP contribution is -2.53. The van der Waals surface area contributed by atoms with E-state index in [1.807, 2.05) is 64.4 Å². The van der Waals surface area contributed by atoms with Gasteiger partial charge in [0.15, 0.2) is 0 Å². The Hall–Kier alpha value is -2.79. The van der Waals surface area contributed by atoms with E-state index in [0.29, 0.717) is 18.8 Å². The fraction of sp³-hybridized carbons (Fsp3) is 0.280. The molecule has 2 aliphatic heterocycles. The van der Waals surface area contributed by atoms with Crippen molar-refractivity contribution in [3.63, 3.8) is 0 Å². The quantitative estimate of drug-likeness (QED) is 0.599. The van der Waals surface area contributed by atoms with Crippen molar-refractivity contribution in [2.75, 3.05) is 23.7 Å². The van der Waals surface area contributed by atoms with Crippen molar-refractivity contribution in [3.8, 4) is 0 Å². The summed E-state index contributed by atoms with van der Waals surface area (Å²) in [4.78, 5) is 29.8. The maximum Gasteiger partial charge on any atom is 0.254 e. The van der Waals surface area contributed by atoms with Crippen LogP contribution in [0.2, 0.25) is 0 Å². The SMILES string of the molecule is Cc1cccc(N2C(=O)CSC23CCN(C(=O)c2cccc4ccccc24)CC3)c1. The smallest absolute Gasteiger partial charge is 0.254 e. The molecule has 2 fully saturated rings. The molecule has 5 heteroatoms. The molecule has 0 aromatic heterocycles. The van der Waals surface area contributed by atoms with Gasteiger partial charge in [0.1, 0.15) is 0 Å². The largest absolute Gasteiger partial charge is 0.338 e. The molecular formula is C25H24N2O2S. The van der Waals surface area contributed by atoms with Crippen LogP contribution in [0.15, 0.2) is 66.7 Å². The van der Waals surface area contributed by atoms with Gasteiger partial charge >= 0.3 is 0 Å². The molecule has 2 saturated heterocycles. The Labute approximate surface area is 180 Å². The molecule has 0 atom stereocenters. The number of aryl methyl sites for hydroxylation is 1. The van der Waals surface area contributed by atoms with Gasteiger partial charge in [-0.2, -0.15) is 0 Å². The average molecular weight is 417 g/mol. The number of thioether (sulfide) groups is 1. The number of anilines is 1. The third kappa shape index (κ3) is 3.18. The molecule has 4 nitrogen and oxygen atoms in total. The van der Waals surface area contributed by atoms with Gasteiger partial charge in [-0.3, -0.25) is 14.5 Å². The Morgan fingerprint density at radius 3 is 2.50 bits per heavy atom. The first-order valence-corrected chi connectivity index (χ1v) is 11.4. The molecule has 0 N–H and O–H groups in total. The Morgan fingerprint density at radius 1 is 0.967 bits per heavy atom. The predicted octanol–water partition coefficient (Wildman–Crippen LogP) is 4.86. The molecule has 0 unspecified atom stereocenters. The second-order valence-electron chi connectivity index (χ2n) is 8.12. The van der Waals surface area contributed by atoms with Gasteiger partial charge < -0.3 is 4.90 Å². The lowest BCUT2D eigenvalue weighted by molar-refractivity contribution is -0.116. The summed E-state index contributed by atoms with van der Waals surface area (Å²) < 4.78 is 0. The molecule has 1 spiro atoms. The number of carbonyl (C=O) groups excluding carboxylic acids is 2. The number of amides is 2. The summed E-state index contributed by atoms with van der Waals surface area (Å²) in [5.41, 5.74) is 2.88. The Morgan fingerprint density at radius 2 is 1.70 bits per heavy atom. The molecule has 0 bridgehead atoms. The minimum Gasteiger partial charge on any atom is -0.338 e. The molecule has 0 saturated carbocycles. The Bertz CT molecular complexity index is 1130. The minimum absolute atomic E-state index is 0.0816. The summed E-state index contributed by atoms with van der Waals surface area (Å²) in [5.74, 6) is 0.753. The fourth-order valence-corrected chi connectivity index (χ4v) is 6.04. The van der Waals surface area contributed by atoms with Gasteiger partial charge in [0.25, 0.3) is 5.91 Å². The highest BCUT2D eigenvalue weighted by Crippen LogP contribution is 2.47. The fourth-order valence-electron chi connectivity index (χ4n) is 4.71. The molecule has 0 aliphatic carbocycles. The van der Waals surface area contributed by atoms with Crippen LogP contribution in [0.25, 0.3) is 10.8 Å². The summed E-state index contributed by atoms with van der Waals surface area (Å²) in [6.07, 6.45) is 1.57. The number of piperidine rings is 1. The maximum absolute atomic E-state index is 13.3. The second kappa shape index (κ2) is 7.47. The number of nitrogens with zero attached hydrogens (tertiary/aromatic N) is 2. The number of benzene rings is 3. The van der Waals surface area contributed by atoms with E-state index in [4.69, 9.17) is 0 Å². The summed E-state index contributed by atoms with van der Waals surface area (Å²) >= 11 is 1.73. The van der Waals surface area contributed by atoms with Gasteiger partial charge in [0.2, 0.25) is 5.91 Å². The van der Waals surface area contributed by atoms with E-state index < -0.39 is 0 Å². The second-order valence-corrected chi connectivity index (χ2v) is 9.46. The van der Waals surface area contributed by atoms with Gasteiger partial charge in [-0.05, 0) is 54.3 Å². The van der Waals surface area contributed by atoms with Crippen molar-refractivity contribution in [1.82, 2.24) is 4.90 Å². The van der Waals surface area contributed by atoms with Gasteiger partial charge in [-0.25, -0.2) is 0 Å². The van der Waals surface area contributed by atoms with Crippen molar-refractivity contribution < 1.29 is 9.59 Å². The minimum atomic E-state index is -0.250. The zero-order chi connectivity index (χ0) is 20.7. The van der Waals surface area contributed by atoms with Gasteiger partial charge in [-0.1, -0.05) is 48.5 Å². The number of rotatable bonds is 2. The van der Waals surface area contributed by atoms with Crippen molar-refractivity contribution in [3.05, 3.63) is 77.9 Å². The van der Waals surface area contributed by atoms with E-state index in [0.717, 1.165) is 40.4 Å². The lowest BCUT2D eigenvalue weighted by atomic mass is 9.98. The van der Waals surface area contributed by atoms with E-state index in [1.54, 1.807) is 11.8 Å². The third-order valence-electron chi connectivity index (χ3n) is 6.23. The van der Waals surface area contributed by atoms with Crippen LogP contribution in [0.1, 0.15) is 28.8 Å².